The molecule has 0 aromatic carbocycles. The van der Waals surface area contributed by atoms with Crippen LogP contribution in [0.4, 0.5) is 10.7 Å². The van der Waals surface area contributed by atoms with Crippen LogP contribution in [0.15, 0.2) is 18.5 Å². The number of aromatic nitrogens is 2. The van der Waals surface area contributed by atoms with Crippen LogP contribution in [0.2, 0.25) is 0 Å². The van der Waals surface area contributed by atoms with Gasteiger partial charge in [-0.2, -0.15) is 0 Å². The molecule has 7 nitrogen and oxygen atoms in total. The van der Waals surface area contributed by atoms with Crippen molar-refractivity contribution < 1.29 is 4.79 Å². The molecule has 0 radical (unpaired) electrons. The van der Waals surface area contributed by atoms with Crippen molar-refractivity contribution in [3.8, 4) is 0 Å². The fourth-order valence-corrected chi connectivity index (χ4v) is 4.54. The minimum Gasteiger partial charge on any atom is -0.339 e. The second-order valence-corrected chi connectivity index (χ2v) is 7.45. The molecule has 1 aromatic rings. The number of carbonyl (C=O) groups is 1. The summed E-state index contributed by atoms with van der Waals surface area (Å²) >= 11 is 0. The monoisotopic (exact) mass is 344 g/mol. The maximum absolute atomic E-state index is 12.5. The molecule has 25 heavy (non-hydrogen) atoms. The van der Waals surface area contributed by atoms with E-state index in [2.05, 4.69) is 30.4 Å². The Morgan fingerprint density at radius 1 is 1.00 bits per heavy atom. The van der Waals surface area contributed by atoms with Crippen LogP contribution in [0.5, 0.6) is 0 Å². The Kier molecular flexibility index (Phi) is 5.01. The largest absolute Gasteiger partial charge is 0.339 e. The van der Waals surface area contributed by atoms with Gasteiger partial charge >= 0.3 is 6.03 Å². The number of hydrogen-bond acceptors (Lipinski definition) is 5. The maximum atomic E-state index is 12.5. The first-order chi connectivity index (χ1) is 12.3. The molecule has 0 unspecified atom stereocenters. The molecule has 0 saturated carbocycles. The normalized spacial score (nSPS) is 29.9. The smallest absolute Gasteiger partial charge is 0.315 e. The zero-order chi connectivity index (χ0) is 17.1. The number of rotatable bonds is 3. The number of nitrogens with one attached hydrogen (secondary N) is 2. The van der Waals surface area contributed by atoms with E-state index in [4.69, 9.17) is 0 Å². The molecule has 3 aliphatic rings. The molecule has 136 valence electrons. The van der Waals surface area contributed by atoms with Crippen LogP contribution in [-0.4, -0.2) is 65.2 Å². The molecule has 0 aliphatic carbocycles. The molecule has 1 aromatic heterocycles. The lowest BCUT2D eigenvalue weighted by molar-refractivity contribution is 0.178. The molecule has 7 heteroatoms. The highest BCUT2D eigenvalue weighted by Crippen LogP contribution is 2.27. The Balaban J connectivity index is 1.29. The van der Waals surface area contributed by atoms with E-state index in [9.17, 15) is 4.79 Å². The molecule has 2 amide bonds. The summed E-state index contributed by atoms with van der Waals surface area (Å²) in [6.07, 6.45) is 10.5. The summed E-state index contributed by atoms with van der Waals surface area (Å²) in [5.74, 6) is 0.753. The average molecular weight is 344 g/mol. The van der Waals surface area contributed by atoms with Gasteiger partial charge in [-0.05, 0) is 44.7 Å². The summed E-state index contributed by atoms with van der Waals surface area (Å²) in [7, 11) is 0. The lowest BCUT2D eigenvalue weighted by atomic mass is 9.99. The highest BCUT2D eigenvalue weighted by atomic mass is 16.2. The molecule has 4 heterocycles. The third-order valence-electron chi connectivity index (χ3n) is 5.76. The van der Waals surface area contributed by atoms with Crippen LogP contribution < -0.4 is 15.5 Å². The highest BCUT2D eigenvalue weighted by Gasteiger charge is 2.36. The van der Waals surface area contributed by atoms with Crippen molar-refractivity contribution in [3.63, 3.8) is 0 Å². The number of hydrogen-bond donors (Lipinski definition) is 2. The standard InChI is InChI=1S/C18H28N6O/c25-18(22-15-7-12-23-10-2-1-6-16(15)23)21-14-5-3-11-24(13-14)17-19-8-4-9-20-17/h4,8-9,14-16H,1-3,5-7,10-13H2,(H2,21,22,25)/t14-,15-,16-/m1/s1. The van der Waals surface area contributed by atoms with E-state index >= 15 is 0 Å². The Morgan fingerprint density at radius 2 is 1.88 bits per heavy atom. The van der Waals surface area contributed by atoms with E-state index in [0.29, 0.717) is 12.1 Å². The number of nitrogens with zero attached hydrogens (tertiary/aromatic N) is 4. The lowest BCUT2D eigenvalue weighted by Gasteiger charge is -2.34. The molecular weight excluding hydrogens is 316 g/mol. The summed E-state index contributed by atoms with van der Waals surface area (Å²) in [6, 6.07) is 2.81. The average Bonchev–Trinajstić information content (AvgIpc) is 3.06. The summed E-state index contributed by atoms with van der Waals surface area (Å²) in [5.41, 5.74) is 0. The Labute approximate surface area is 149 Å². The van der Waals surface area contributed by atoms with Crippen LogP contribution in [0.3, 0.4) is 0 Å². The van der Waals surface area contributed by atoms with Gasteiger partial charge in [0.25, 0.3) is 0 Å². The maximum Gasteiger partial charge on any atom is 0.315 e. The zero-order valence-electron chi connectivity index (χ0n) is 14.7. The number of piperidine rings is 2. The van der Waals surface area contributed by atoms with Crippen molar-refractivity contribution >= 4 is 12.0 Å². The second kappa shape index (κ2) is 7.56. The van der Waals surface area contributed by atoms with Gasteiger partial charge in [0.1, 0.15) is 0 Å². The van der Waals surface area contributed by atoms with Crippen LogP contribution in [0.25, 0.3) is 0 Å². The topological polar surface area (TPSA) is 73.4 Å². The fourth-order valence-electron chi connectivity index (χ4n) is 4.54. The van der Waals surface area contributed by atoms with Gasteiger partial charge in [0.05, 0.1) is 0 Å². The van der Waals surface area contributed by atoms with E-state index in [-0.39, 0.29) is 12.1 Å². The van der Waals surface area contributed by atoms with Crippen molar-refractivity contribution in [2.75, 3.05) is 31.1 Å². The summed E-state index contributed by atoms with van der Waals surface area (Å²) < 4.78 is 0. The second-order valence-electron chi connectivity index (χ2n) is 7.45. The number of urea groups is 1. The lowest BCUT2D eigenvalue weighted by Crippen LogP contribution is -2.54. The van der Waals surface area contributed by atoms with Crippen molar-refractivity contribution in [2.45, 2.75) is 56.7 Å². The van der Waals surface area contributed by atoms with Crippen molar-refractivity contribution in [3.05, 3.63) is 18.5 Å². The first kappa shape index (κ1) is 16.6. The van der Waals surface area contributed by atoms with Gasteiger partial charge in [0.15, 0.2) is 0 Å². The van der Waals surface area contributed by atoms with Crippen LogP contribution in [-0.2, 0) is 0 Å². The van der Waals surface area contributed by atoms with Crippen LogP contribution >= 0.6 is 0 Å². The Hall–Kier alpha value is -1.89. The highest BCUT2D eigenvalue weighted by molar-refractivity contribution is 5.74. The van der Waals surface area contributed by atoms with Gasteiger partial charge < -0.3 is 15.5 Å². The van der Waals surface area contributed by atoms with Gasteiger partial charge in [0.2, 0.25) is 5.95 Å². The predicted molar refractivity (Wildman–Crippen MR) is 96.6 cm³/mol. The van der Waals surface area contributed by atoms with Crippen molar-refractivity contribution in [1.29, 1.82) is 0 Å². The van der Waals surface area contributed by atoms with E-state index in [1.54, 1.807) is 12.4 Å². The molecule has 3 aliphatic heterocycles. The molecule has 0 bridgehead atoms. The van der Waals surface area contributed by atoms with E-state index in [1.165, 1.54) is 25.8 Å². The quantitative estimate of drug-likeness (QED) is 0.866. The van der Waals surface area contributed by atoms with Gasteiger partial charge in [-0.25, -0.2) is 14.8 Å². The SMILES string of the molecule is O=C(N[C@@H]1CCCN(c2ncccn2)C1)N[C@@H]1CCN2CCCC[C@H]12. The van der Waals surface area contributed by atoms with E-state index in [1.807, 2.05) is 6.07 Å². The van der Waals surface area contributed by atoms with Gasteiger partial charge in [-0.15, -0.1) is 0 Å². The zero-order valence-corrected chi connectivity index (χ0v) is 14.7. The van der Waals surface area contributed by atoms with Gasteiger partial charge in [-0.3, -0.25) is 4.90 Å². The molecule has 4 rings (SSSR count). The van der Waals surface area contributed by atoms with Crippen LogP contribution in [0, 0.1) is 0 Å². The summed E-state index contributed by atoms with van der Waals surface area (Å²) in [4.78, 5) is 25.8. The van der Waals surface area contributed by atoms with Gasteiger partial charge in [0, 0.05) is 50.2 Å². The Morgan fingerprint density at radius 3 is 2.76 bits per heavy atom. The fraction of sp³-hybridized carbons (Fsp3) is 0.722. The molecule has 3 fully saturated rings. The molecular formula is C18H28N6O. The number of anilines is 1. The number of carbonyl (C=O) groups excluding carboxylic acids is 1. The molecule has 2 N–H and O–H groups in total. The molecule has 0 spiro atoms. The van der Waals surface area contributed by atoms with Gasteiger partial charge in [-0.1, -0.05) is 6.42 Å². The number of amides is 2. The van der Waals surface area contributed by atoms with E-state index in [0.717, 1.165) is 44.8 Å². The predicted octanol–water partition coefficient (Wildman–Crippen LogP) is 1.37. The molecule has 3 atom stereocenters. The minimum absolute atomic E-state index is 0.0155. The third kappa shape index (κ3) is 3.86. The first-order valence-electron chi connectivity index (χ1n) is 9.62. The molecule has 3 saturated heterocycles. The van der Waals surface area contributed by atoms with Crippen molar-refractivity contribution in [1.82, 2.24) is 25.5 Å². The number of fused-ring (bicyclic) bond motifs is 1. The van der Waals surface area contributed by atoms with Crippen molar-refractivity contribution in [2.24, 2.45) is 0 Å². The summed E-state index contributed by atoms with van der Waals surface area (Å²) in [5, 5.41) is 6.41. The Bertz CT molecular complexity index is 582. The summed E-state index contributed by atoms with van der Waals surface area (Å²) in [6.45, 7) is 4.04. The van der Waals surface area contributed by atoms with E-state index < -0.39 is 0 Å². The minimum atomic E-state index is -0.0155. The van der Waals surface area contributed by atoms with Crippen LogP contribution in [0.1, 0.15) is 38.5 Å². The first-order valence-corrected chi connectivity index (χ1v) is 9.62. The third-order valence-corrected chi connectivity index (χ3v) is 5.76.